The van der Waals surface area contributed by atoms with E-state index in [0.717, 1.165) is 0 Å². The molecule has 2 aromatic rings. The van der Waals surface area contributed by atoms with Crippen LogP contribution in [0.1, 0.15) is 37.8 Å². The van der Waals surface area contributed by atoms with E-state index in [2.05, 4.69) is 16.0 Å². The summed E-state index contributed by atoms with van der Waals surface area (Å²) >= 11 is 0. The van der Waals surface area contributed by atoms with Gasteiger partial charge in [0.15, 0.2) is 0 Å². The van der Waals surface area contributed by atoms with Crippen molar-refractivity contribution in [1.82, 2.24) is 16.0 Å². The van der Waals surface area contributed by atoms with Crippen molar-refractivity contribution in [2.24, 2.45) is 17.4 Å². The minimum absolute atomic E-state index is 0.000120. The number of phenols is 2. The minimum Gasteiger partial charge on any atom is -0.508 e. The van der Waals surface area contributed by atoms with Crippen LogP contribution >= 0.6 is 0 Å². The smallest absolute Gasteiger partial charge is 0.326 e. The second-order valence-corrected chi connectivity index (χ2v) is 9.85. The first-order chi connectivity index (χ1) is 19.3. The molecule has 0 spiro atoms. The normalized spacial score (nSPS) is 14.5. The lowest BCUT2D eigenvalue weighted by Crippen LogP contribution is -2.59. The number of rotatable bonds is 15. The van der Waals surface area contributed by atoms with Crippen LogP contribution in [0.5, 0.6) is 11.5 Å². The maximum Gasteiger partial charge on any atom is 0.326 e. The molecule has 0 aliphatic carbocycles. The van der Waals surface area contributed by atoms with Crippen molar-refractivity contribution < 1.29 is 39.3 Å². The predicted molar refractivity (Wildman–Crippen MR) is 148 cm³/mol. The van der Waals surface area contributed by atoms with Gasteiger partial charge in [0.05, 0.1) is 12.5 Å². The second kappa shape index (κ2) is 15.2. The summed E-state index contributed by atoms with van der Waals surface area (Å²) in [6.07, 6.45) is -0.119. The number of benzene rings is 2. The molecule has 5 atom stereocenters. The first-order valence-corrected chi connectivity index (χ1v) is 13.0. The molecule has 10 N–H and O–H groups in total. The van der Waals surface area contributed by atoms with Crippen LogP contribution in [-0.4, -0.2) is 69.1 Å². The molecule has 41 heavy (non-hydrogen) atoms. The molecule has 0 fully saturated rings. The van der Waals surface area contributed by atoms with E-state index in [1.165, 1.54) is 36.4 Å². The monoisotopic (exact) mass is 571 g/mol. The van der Waals surface area contributed by atoms with Crippen molar-refractivity contribution in [3.63, 3.8) is 0 Å². The van der Waals surface area contributed by atoms with E-state index in [1.54, 1.807) is 26.0 Å². The molecule has 5 unspecified atom stereocenters. The molecule has 0 saturated heterocycles. The van der Waals surface area contributed by atoms with Crippen LogP contribution < -0.4 is 27.4 Å². The highest BCUT2D eigenvalue weighted by molar-refractivity contribution is 5.95. The third-order valence-electron chi connectivity index (χ3n) is 6.55. The molecule has 13 heteroatoms. The molecular weight excluding hydrogens is 534 g/mol. The van der Waals surface area contributed by atoms with Gasteiger partial charge >= 0.3 is 5.97 Å². The van der Waals surface area contributed by atoms with Gasteiger partial charge in [0.25, 0.3) is 0 Å². The van der Waals surface area contributed by atoms with Gasteiger partial charge in [0, 0.05) is 12.8 Å². The lowest BCUT2D eigenvalue weighted by atomic mass is 9.96. The highest BCUT2D eigenvalue weighted by Crippen LogP contribution is 2.15. The van der Waals surface area contributed by atoms with Gasteiger partial charge in [-0.2, -0.15) is 0 Å². The number of amides is 4. The van der Waals surface area contributed by atoms with Crippen LogP contribution in [0, 0.1) is 5.92 Å². The number of carboxylic acid groups (broad SMARTS) is 1. The molecule has 222 valence electrons. The summed E-state index contributed by atoms with van der Waals surface area (Å²) in [4.78, 5) is 62.5. The van der Waals surface area contributed by atoms with Gasteiger partial charge in [0.2, 0.25) is 23.6 Å². The van der Waals surface area contributed by atoms with Gasteiger partial charge in [-0.3, -0.25) is 19.2 Å². The van der Waals surface area contributed by atoms with Crippen molar-refractivity contribution in [3.05, 3.63) is 59.7 Å². The summed E-state index contributed by atoms with van der Waals surface area (Å²) in [5.74, 6) is -4.80. The summed E-state index contributed by atoms with van der Waals surface area (Å²) in [7, 11) is 0. The fraction of sp³-hybridized carbons (Fsp3) is 0.393. The van der Waals surface area contributed by atoms with Gasteiger partial charge in [-0.1, -0.05) is 44.5 Å². The fourth-order valence-electron chi connectivity index (χ4n) is 3.95. The zero-order chi connectivity index (χ0) is 30.7. The molecule has 2 aromatic carbocycles. The van der Waals surface area contributed by atoms with Crippen LogP contribution in [0.15, 0.2) is 48.5 Å². The topological polar surface area (TPSA) is 234 Å². The Hall–Kier alpha value is -4.65. The molecule has 0 saturated carbocycles. The van der Waals surface area contributed by atoms with E-state index >= 15 is 0 Å². The van der Waals surface area contributed by atoms with E-state index in [-0.39, 0.29) is 24.3 Å². The van der Waals surface area contributed by atoms with Crippen molar-refractivity contribution in [1.29, 1.82) is 0 Å². The zero-order valence-corrected chi connectivity index (χ0v) is 22.9. The molecule has 13 nitrogen and oxygen atoms in total. The van der Waals surface area contributed by atoms with Gasteiger partial charge in [-0.25, -0.2) is 4.79 Å². The quantitative estimate of drug-likeness (QED) is 0.140. The third kappa shape index (κ3) is 10.4. The standard InChI is InChI=1S/C28H37N5O8/c1-3-15(2)24(33-25(37)20(29)14-23(30)36)27(39)31-21(12-16-4-8-18(34)9-5-16)26(38)32-22(28(40)41)13-17-6-10-19(35)11-7-17/h4-11,15,20-22,24,34-35H,3,12-14,29H2,1-2H3,(H2,30,36)(H,31,39)(H,32,38)(H,33,37)(H,40,41). The van der Waals surface area contributed by atoms with E-state index in [4.69, 9.17) is 11.5 Å². The number of hydrogen-bond donors (Lipinski definition) is 8. The van der Waals surface area contributed by atoms with Crippen LogP contribution in [0.3, 0.4) is 0 Å². The Morgan fingerprint density at radius 1 is 0.756 bits per heavy atom. The van der Waals surface area contributed by atoms with Gasteiger partial charge < -0.3 is 42.7 Å². The maximum absolute atomic E-state index is 13.4. The Labute approximate surface area is 237 Å². The summed E-state index contributed by atoms with van der Waals surface area (Å²) in [6.45, 7) is 3.50. The highest BCUT2D eigenvalue weighted by Gasteiger charge is 2.33. The zero-order valence-electron chi connectivity index (χ0n) is 22.9. The molecule has 4 amide bonds. The first-order valence-electron chi connectivity index (χ1n) is 13.0. The van der Waals surface area contributed by atoms with Crippen molar-refractivity contribution in [2.75, 3.05) is 0 Å². The second-order valence-electron chi connectivity index (χ2n) is 9.85. The maximum atomic E-state index is 13.4. The summed E-state index contributed by atoms with van der Waals surface area (Å²) < 4.78 is 0. The predicted octanol–water partition coefficient (Wildman–Crippen LogP) is -0.329. The summed E-state index contributed by atoms with van der Waals surface area (Å²) in [5.41, 5.74) is 11.9. The number of carboxylic acids is 1. The van der Waals surface area contributed by atoms with Crippen LogP contribution in [0.2, 0.25) is 0 Å². The number of aromatic hydroxyl groups is 2. The number of nitrogens with one attached hydrogen (secondary N) is 3. The number of phenolic OH excluding ortho intramolecular Hbond substituents is 2. The molecule has 0 aliphatic heterocycles. The number of hydrogen-bond acceptors (Lipinski definition) is 8. The lowest BCUT2D eigenvalue weighted by molar-refractivity contribution is -0.142. The number of aliphatic carboxylic acids is 1. The van der Waals surface area contributed by atoms with Gasteiger partial charge in [0.1, 0.15) is 29.6 Å². The first kappa shape index (κ1) is 32.6. The number of carbonyl (C=O) groups is 5. The van der Waals surface area contributed by atoms with Gasteiger partial charge in [-0.05, 0) is 41.3 Å². The van der Waals surface area contributed by atoms with Crippen molar-refractivity contribution in [3.8, 4) is 11.5 Å². The molecular formula is C28H37N5O8. The van der Waals surface area contributed by atoms with E-state index < -0.39 is 66.1 Å². The Kier molecular flexibility index (Phi) is 12.1. The number of carbonyl (C=O) groups excluding carboxylic acids is 4. The summed E-state index contributed by atoms with van der Waals surface area (Å²) in [5, 5.41) is 36.4. The van der Waals surface area contributed by atoms with E-state index in [1.807, 2.05) is 0 Å². The van der Waals surface area contributed by atoms with Gasteiger partial charge in [-0.15, -0.1) is 0 Å². The Bertz CT molecular complexity index is 1220. The van der Waals surface area contributed by atoms with Crippen LogP contribution in [0.4, 0.5) is 0 Å². The molecule has 0 aliphatic rings. The average Bonchev–Trinajstić information content (AvgIpc) is 2.92. The Morgan fingerprint density at radius 2 is 1.22 bits per heavy atom. The number of primary amides is 1. The van der Waals surface area contributed by atoms with Crippen LogP contribution in [0.25, 0.3) is 0 Å². The van der Waals surface area contributed by atoms with Crippen molar-refractivity contribution >= 4 is 29.6 Å². The molecule has 0 bridgehead atoms. The molecule has 0 aromatic heterocycles. The van der Waals surface area contributed by atoms with E-state index in [0.29, 0.717) is 17.5 Å². The third-order valence-corrected chi connectivity index (χ3v) is 6.55. The largest absolute Gasteiger partial charge is 0.508 e. The van der Waals surface area contributed by atoms with Crippen LogP contribution in [-0.2, 0) is 36.8 Å². The Morgan fingerprint density at radius 3 is 1.66 bits per heavy atom. The molecule has 0 radical (unpaired) electrons. The highest BCUT2D eigenvalue weighted by atomic mass is 16.4. The Balaban J connectivity index is 2.29. The lowest BCUT2D eigenvalue weighted by Gasteiger charge is -2.28. The SMILES string of the molecule is CCC(C)C(NC(=O)C(N)CC(N)=O)C(=O)NC(Cc1ccc(O)cc1)C(=O)NC(Cc1ccc(O)cc1)C(=O)O. The molecule has 0 heterocycles. The molecule has 2 rings (SSSR count). The minimum atomic E-state index is -1.36. The van der Waals surface area contributed by atoms with Crippen molar-refractivity contribution in [2.45, 2.75) is 63.7 Å². The average molecular weight is 572 g/mol. The van der Waals surface area contributed by atoms with E-state index in [9.17, 15) is 39.3 Å². The summed E-state index contributed by atoms with van der Waals surface area (Å²) in [6, 6.07) is 6.69. The number of nitrogens with two attached hydrogens (primary N) is 2. The fourth-order valence-corrected chi connectivity index (χ4v) is 3.95.